The van der Waals surface area contributed by atoms with Crippen LogP contribution < -0.4 is 5.32 Å². The van der Waals surface area contributed by atoms with E-state index in [0.717, 1.165) is 18.7 Å². The Labute approximate surface area is 100 Å². The summed E-state index contributed by atoms with van der Waals surface area (Å²) in [6.07, 6.45) is 3.71. The maximum absolute atomic E-state index is 12.7. The highest BCUT2D eigenvalue weighted by molar-refractivity contribution is 5.15. The molecule has 0 aliphatic carbocycles. The van der Waals surface area contributed by atoms with Crippen LogP contribution in [0.5, 0.6) is 0 Å². The summed E-state index contributed by atoms with van der Waals surface area (Å²) in [5.74, 6) is -0.196. The zero-order valence-corrected chi connectivity index (χ0v) is 9.81. The van der Waals surface area contributed by atoms with Gasteiger partial charge < -0.3 is 5.32 Å². The highest BCUT2D eigenvalue weighted by Gasteiger charge is 2.02. The van der Waals surface area contributed by atoms with Gasteiger partial charge in [0.05, 0.1) is 6.54 Å². The maximum atomic E-state index is 12.7. The molecular formula is C13H16FN3. The zero-order valence-electron chi connectivity index (χ0n) is 9.81. The molecule has 1 N–H and O–H groups in total. The van der Waals surface area contributed by atoms with Crippen LogP contribution in [0.15, 0.2) is 42.7 Å². The monoisotopic (exact) mass is 233 g/mol. The number of nitrogens with one attached hydrogen (secondary N) is 1. The van der Waals surface area contributed by atoms with Gasteiger partial charge in [-0.3, -0.25) is 4.68 Å². The van der Waals surface area contributed by atoms with Gasteiger partial charge in [-0.05, 0) is 30.7 Å². The lowest BCUT2D eigenvalue weighted by Crippen LogP contribution is -2.30. The minimum absolute atomic E-state index is 0.196. The van der Waals surface area contributed by atoms with Gasteiger partial charge in [0, 0.05) is 25.0 Å². The van der Waals surface area contributed by atoms with E-state index in [9.17, 15) is 4.39 Å². The lowest BCUT2D eigenvalue weighted by Gasteiger charge is -2.13. The van der Waals surface area contributed by atoms with Crippen LogP contribution in [0.25, 0.3) is 0 Å². The number of halogens is 1. The van der Waals surface area contributed by atoms with E-state index in [4.69, 9.17) is 0 Å². The van der Waals surface area contributed by atoms with Crippen molar-refractivity contribution in [2.75, 3.05) is 0 Å². The normalized spacial score (nSPS) is 12.6. The van der Waals surface area contributed by atoms with Gasteiger partial charge in [0.1, 0.15) is 5.82 Å². The molecule has 1 aromatic heterocycles. The summed E-state index contributed by atoms with van der Waals surface area (Å²) >= 11 is 0. The summed E-state index contributed by atoms with van der Waals surface area (Å²) in [4.78, 5) is 0. The molecule has 0 amide bonds. The molecule has 17 heavy (non-hydrogen) atoms. The van der Waals surface area contributed by atoms with Crippen molar-refractivity contribution in [2.45, 2.75) is 26.1 Å². The molecule has 3 nitrogen and oxygen atoms in total. The van der Waals surface area contributed by atoms with Crippen molar-refractivity contribution >= 4 is 0 Å². The van der Waals surface area contributed by atoms with Crippen molar-refractivity contribution in [1.82, 2.24) is 15.1 Å². The Morgan fingerprint density at radius 3 is 2.76 bits per heavy atom. The molecule has 0 bridgehead atoms. The van der Waals surface area contributed by atoms with Gasteiger partial charge in [-0.15, -0.1) is 0 Å². The van der Waals surface area contributed by atoms with Gasteiger partial charge in [0.2, 0.25) is 0 Å². The molecular weight excluding hydrogens is 217 g/mol. The van der Waals surface area contributed by atoms with Crippen molar-refractivity contribution < 1.29 is 4.39 Å². The summed E-state index contributed by atoms with van der Waals surface area (Å²) in [5.41, 5.74) is 1.08. The SMILES string of the molecule is CC(Cn1cccn1)NCc1ccc(F)cc1. The predicted octanol–water partition coefficient (Wildman–Crippen LogP) is 2.20. The van der Waals surface area contributed by atoms with Crippen LogP contribution in [0.4, 0.5) is 4.39 Å². The Balaban J connectivity index is 1.79. The number of hydrogen-bond donors (Lipinski definition) is 1. The zero-order chi connectivity index (χ0) is 12.1. The van der Waals surface area contributed by atoms with Crippen molar-refractivity contribution in [2.24, 2.45) is 0 Å². The van der Waals surface area contributed by atoms with E-state index < -0.39 is 0 Å². The molecule has 2 aromatic rings. The van der Waals surface area contributed by atoms with Gasteiger partial charge in [-0.1, -0.05) is 12.1 Å². The van der Waals surface area contributed by atoms with Crippen molar-refractivity contribution in [3.05, 3.63) is 54.1 Å². The molecule has 2 rings (SSSR count). The molecule has 90 valence electrons. The van der Waals surface area contributed by atoms with Gasteiger partial charge in [-0.25, -0.2) is 4.39 Å². The second kappa shape index (κ2) is 5.59. The van der Waals surface area contributed by atoms with Gasteiger partial charge in [0.25, 0.3) is 0 Å². The highest BCUT2D eigenvalue weighted by Crippen LogP contribution is 2.02. The van der Waals surface area contributed by atoms with E-state index in [1.165, 1.54) is 12.1 Å². The molecule has 1 aromatic carbocycles. The van der Waals surface area contributed by atoms with E-state index in [0.29, 0.717) is 6.04 Å². The molecule has 0 saturated carbocycles. The molecule has 0 saturated heterocycles. The van der Waals surface area contributed by atoms with Crippen LogP contribution in [-0.2, 0) is 13.1 Å². The Morgan fingerprint density at radius 1 is 1.35 bits per heavy atom. The Morgan fingerprint density at radius 2 is 2.12 bits per heavy atom. The van der Waals surface area contributed by atoms with Crippen LogP contribution in [0, 0.1) is 5.82 Å². The smallest absolute Gasteiger partial charge is 0.123 e. The first kappa shape index (κ1) is 11.8. The molecule has 1 atom stereocenters. The van der Waals surface area contributed by atoms with E-state index in [-0.39, 0.29) is 5.82 Å². The third-order valence-corrected chi connectivity index (χ3v) is 2.59. The number of hydrogen-bond acceptors (Lipinski definition) is 2. The molecule has 1 heterocycles. The predicted molar refractivity (Wildman–Crippen MR) is 64.9 cm³/mol. The van der Waals surface area contributed by atoms with E-state index in [2.05, 4.69) is 17.3 Å². The second-order valence-electron chi connectivity index (χ2n) is 4.14. The average molecular weight is 233 g/mol. The number of aromatic nitrogens is 2. The summed E-state index contributed by atoms with van der Waals surface area (Å²) in [6, 6.07) is 8.78. The summed E-state index contributed by atoms with van der Waals surface area (Å²) in [7, 11) is 0. The van der Waals surface area contributed by atoms with Crippen LogP contribution >= 0.6 is 0 Å². The fraction of sp³-hybridized carbons (Fsp3) is 0.308. The average Bonchev–Trinajstić information content (AvgIpc) is 2.81. The molecule has 0 fully saturated rings. The van der Waals surface area contributed by atoms with Crippen LogP contribution in [0.1, 0.15) is 12.5 Å². The van der Waals surface area contributed by atoms with Gasteiger partial charge in [0.15, 0.2) is 0 Å². The van der Waals surface area contributed by atoms with Gasteiger partial charge in [-0.2, -0.15) is 5.10 Å². The molecule has 0 radical (unpaired) electrons. The van der Waals surface area contributed by atoms with Crippen molar-refractivity contribution in [3.63, 3.8) is 0 Å². The number of rotatable bonds is 5. The van der Waals surface area contributed by atoms with Crippen molar-refractivity contribution in [1.29, 1.82) is 0 Å². The third kappa shape index (κ3) is 3.67. The van der Waals surface area contributed by atoms with Gasteiger partial charge >= 0.3 is 0 Å². The third-order valence-electron chi connectivity index (χ3n) is 2.59. The first-order valence-corrected chi connectivity index (χ1v) is 5.69. The topological polar surface area (TPSA) is 29.9 Å². The fourth-order valence-electron chi connectivity index (χ4n) is 1.65. The molecule has 0 aliphatic heterocycles. The summed E-state index contributed by atoms with van der Waals surface area (Å²) in [5, 5.41) is 7.52. The van der Waals surface area contributed by atoms with Crippen LogP contribution in [0.3, 0.4) is 0 Å². The molecule has 4 heteroatoms. The molecule has 0 aliphatic rings. The summed E-state index contributed by atoms with van der Waals surface area (Å²) in [6.45, 7) is 3.67. The highest BCUT2D eigenvalue weighted by atomic mass is 19.1. The lowest BCUT2D eigenvalue weighted by atomic mass is 10.2. The minimum Gasteiger partial charge on any atom is -0.308 e. The quantitative estimate of drug-likeness (QED) is 0.858. The maximum Gasteiger partial charge on any atom is 0.123 e. The van der Waals surface area contributed by atoms with Crippen LogP contribution in [0.2, 0.25) is 0 Å². The lowest BCUT2D eigenvalue weighted by molar-refractivity contribution is 0.450. The first-order valence-electron chi connectivity index (χ1n) is 5.69. The largest absolute Gasteiger partial charge is 0.308 e. The molecule has 0 spiro atoms. The molecule has 1 unspecified atom stereocenters. The summed E-state index contributed by atoms with van der Waals surface area (Å²) < 4.78 is 14.6. The Hall–Kier alpha value is -1.68. The number of benzene rings is 1. The van der Waals surface area contributed by atoms with Crippen molar-refractivity contribution in [3.8, 4) is 0 Å². The van der Waals surface area contributed by atoms with E-state index >= 15 is 0 Å². The Bertz CT molecular complexity index is 436. The fourth-order valence-corrected chi connectivity index (χ4v) is 1.65. The Kier molecular flexibility index (Phi) is 3.88. The number of nitrogens with zero attached hydrogens (tertiary/aromatic N) is 2. The second-order valence-corrected chi connectivity index (χ2v) is 4.14. The van der Waals surface area contributed by atoms with E-state index in [1.807, 2.05) is 16.9 Å². The standard InChI is InChI=1S/C13H16FN3/c1-11(10-17-8-2-7-16-17)15-9-12-3-5-13(14)6-4-12/h2-8,11,15H,9-10H2,1H3. The minimum atomic E-state index is -0.196. The first-order chi connectivity index (χ1) is 8.24. The van der Waals surface area contributed by atoms with E-state index in [1.54, 1.807) is 18.3 Å². The van der Waals surface area contributed by atoms with Crippen LogP contribution in [-0.4, -0.2) is 15.8 Å².